The molecule has 0 saturated carbocycles. The van der Waals surface area contributed by atoms with Crippen LogP contribution in [0.4, 0.5) is 11.4 Å². The first-order valence-electron chi connectivity index (χ1n) is 8.19. The molecule has 0 atom stereocenters. The van der Waals surface area contributed by atoms with Crippen LogP contribution < -0.4 is 10.6 Å². The Morgan fingerprint density at radius 1 is 1.00 bits per heavy atom. The summed E-state index contributed by atoms with van der Waals surface area (Å²) in [5, 5.41) is 13.5. The SMILES string of the molecule is CSc1cscc1C(=O)Nc1cccc(NC(=O)c2ccc3snnc3c2)c1. The highest BCUT2D eigenvalue weighted by atomic mass is 32.2. The van der Waals surface area contributed by atoms with Gasteiger partial charge in [0, 0.05) is 32.6 Å². The molecule has 4 aromatic rings. The summed E-state index contributed by atoms with van der Waals surface area (Å²) >= 11 is 4.31. The average Bonchev–Trinajstić information content (AvgIpc) is 3.36. The first-order chi connectivity index (χ1) is 13.6. The molecule has 28 heavy (non-hydrogen) atoms. The molecule has 0 aliphatic heterocycles. The molecule has 2 amide bonds. The number of thioether (sulfide) groups is 1. The molecule has 4 rings (SSSR count). The number of fused-ring (bicyclic) bond motifs is 1. The minimum atomic E-state index is -0.249. The van der Waals surface area contributed by atoms with E-state index in [1.807, 2.05) is 23.1 Å². The molecule has 0 aliphatic rings. The van der Waals surface area contributed by atoms with E-state index in [0.717, 1.165) is 9.60 Å². The molecule has 0 spiro atoms. The number of thiophene rings is 1. The summed E-state index contributed by atoms with van der Waals surface area (Å²) in [4.78, 5) is 26.0. The molecule has 9 heteroatoms. The van der Waals surface area contributed by atoms with Crippen molar-refractivity contribution >= 4 is 68.0 Å². The second-order valence-electron chi connectivity index (χ2n) is 5.80. The minimum absolute atomic E-state index is 0.171. The van der Waals surface area contributed by atoms with Gasteiger partial charge in [-0.15, -0.1) is 16.9 Å². The number of hydrogen-bond donors (Lipinski definition) is 2. The van der Waals surface area contributed by atoms with Crippen molar-refractivity contribution in [1.29, 1.82) is 0 Å². The molecule has 0 saturated heterocycles. The predicted molar refractivity (Wildman–Crippen MR) is 116 cm³/mol. The van der Waals surface area contributed by atoms with Crippen LogP contribution in [0.15, 0.2) is 58.1 Å². The Morgan fingerprint density at radius 2 is 1.79 bits per heavy atom. The standard InChI is InChI=1S/C19H14N4O2S3/c1-26-17-10-27-9-14(17)19(25)21-13-4-2-3-12(8-13)20-18(24)11-5-6-16-15(7-11)22-23-28-16/h2-10H,1H3,(H,20,24)(H,21,25). The second kappa shape index (κ2) is 8.09. The number of nitrogens with zero attached hydrogens (tertiary/aromatic N) is 2. The number of carbonyl (C=O) groups excluding carboxylic acids is 2. The highest BCUT2D eigenvalue weighted by Crippen LogP contribution is 2.26. The van der Waals surface area contributed by atoms with Crippen LogP contribution in [0.25, 0.3) is 10.2 Å². The van der Waals surface area contributed by atoms with Gasteiger partial charge < -0.3 is 10.6 Å². The van der Waals surface area contributed by atoms with E-state index in [0.29, 0.717) is 28.0 Å². The van der Waals surface area contributed by atoms with Crippen molar-refractivity contribution in [2.45, 2.75) is 4.90 Å². The molecule has 6 nitrogen and oxygen atoms in total. The average molecular weight is 427 g/mol. The Kier molecular flexibility index (Phi) is 5.38. The lowest BCUT2D eigenvalue weighted by molar-refractivity contribution is 0.101. The molecule has 0 aliphatic carbocycles. The van der Waals surface area contributed by atoms with Crippen LogP contribution in [0, 0.1) is 0 Å². The summed E-state index contributed by atoms with van der Waals surface area (Å²) in [5.74, 6) is -0.420. The van der Waals surface area contributed by atoms with Crippen LogP contribution >= 0.6 is 34.6 Å². The minimum Gasteiger partial charge on any atom is -0.322 e. The zero-order chi connectivity index (χ0) is 19.5. The van der Waals surface area contributed by atoms with Gasteiger partial charge in [-0.2, -0.15) is 11.3 Å². The van der Waals surface area contributed by atoms with Gasteiger partial charge in [0.2, 0.25) is 0 Å². The van der Waals surface area contributed by atoms with E-state index in [4.69, 9.17) is 0 Å². The van der Waals surface area contributed by atoms with Crippen molar-refractivity contribution in [2.24, 2.45) is 0 Å². The van der Waals surface area contributed by atoms with Crippen LogP contribution in [0.3, 0.4) is 0 Å². The molecule has 2 N–H and O–H groups in total. The molecule has 140 valence electrons. The number of anilines is 2. The van der Waals surface area contributed by atoms with Crippen molar-refractivity contribution in [3.8, 4) is 0 Å². The number of benzene rings is 2. The summed E-state index contributed by atoms with van der Waals surface area (Å²) in [5.41, 5.74) is 3.04. The molecule has 0 bridgehead atoms. The Hall–Kier alpha value is -2.75. The summed E-state index contributed by atoms with van der Waals surface area (Å²) in [6.07, 6.45) is 1.94. The largest absolute Gasteiger partial charge is 0.322 e. The maximum Gasteiger partial charge on any atom is 0.257 e. The lowest BCUT2D eigenvalue weighted by atomic mass is 10.2. The summed E-state index contributed by atoms with van der Waals surface area (Å²) in [6.45, 7) is 0. The normalized spacial score (nSPS) is 10.8. The first-order valence-corrected chi connectivity index (χ1v) is 11.1. The Bertz CT molecular complexity index is 1170. The topological polar surface area (TPSA) is 84.0 Å². The third-order valence-corrected chi connectivity index (χ3v) is 6.35. The van der Waals surface area contributed by atoms with E-state index in [1.54, 1.807) is 36.4 Å². The van der Waals surface area contributed by atoms with Crippen molar-refractivity contribution in [3.05, 3.63) is 64.4 Å². The number of amides is 2. The van der Waals surface area contributed by atoms with Gasteiger partial charge in [-0.3, -0.25) is 9.59 Å². The third kappa shape index (κ3) is 3.91. The van der Waals surface area contributed by atoms with Gasteiger partial charge in [0.05, 0.1) is 10.3 Å². The van der Waals surface area contributed by atoms with E-state index >= 15 is 0 Å². The molecule has 0 unspecified atom stereocenters. The second-order valence-corrected chi connectivity index (χ2v) is 8.18. The summed E-state index contributed by atoms with van der Waals surface area (Å²) in [7, 11) is 0. The fraction of sp³-hybridized carbons (Fsp3) is 0.0526. The summed E-state index contributed by atoms with van der Waals surface area (Å²) in [6, 6.07) is 12.3. The van der Waals surface area contributed by atoms with Gasteiger partial charge >= 0.3 is 0 Å². The number of carbonyl (C=O) groups is 2. The summed E-state index contributed by atoms with van der Waals surface area (Å²) < 4.78 is 4.81. The highest BCUT2D eigenvalue weighted by Gasteiger charge is 2.13. The lowest BCUT2D eigenvalue weighted by Crippen LogP contribution is -2.14. The van der Waals surface area contributed by atoms with E-state index in [1.165, 1.54) is 34.6 Å². The van der Waals surface area contributed by atoms with Crippen molar-refractivity contribution in [2.75, 3.05) is 16.9 Å². The van der Waals surface area contributed by atoms with Crippen LogP contribution in [-0.4, -0.2) is 27.7 Å². The van der Waals surface area contributed by atoms with Gasteiger partial charge in [0.1, 0.15) is 5.52 Å². The third-order valence-electron chi connectivity index (χ3n) is 3.98. The zero-order valence-corrected chi connectivity index (χ0v) is 17.1. The van der Waals surface area contributed by atoms with E-state index < -0.39 is 0 Å². The zero-order valence-electron chi connectivity index (χ0n) is 14.6. The number of rotatable bonds is 5. The van der Waals surface area contributed by atoms with E-state index in [9.17, 15) is 9.59 Å². The van der Waals surface area contributed by atoms with Crippen LogP contribution in [-0.2, 0) is 0 Å². The molecule has 0 radical (unpaired) electrons. The smallest absolute Gasteiger partial charge is 0.257 e. The molecule has 0 fully saturated rings. The van der Waals surface area contributed by atoms with Crippen molar-refractivity contribution < 1.29 is 9.59 Å². The van der Waals surface area contributed by atoms with E-state index in [-0.39, 0.29) is 11.8 Å². The number of nitrogens with one attached hydrogen (secondary N) is 2. The maximum absolute atomic E-state index is 12.5. The monoisotopic (exact) mass is 426 g/mol. The Labute approximate surface area is 173 Å². The van der Waals surface area contributed by atoms with Crippen LogP contribution in [0.2, 0.25) is 0 Å². The fourth-order valence-corrected chi connectivity index (χ4v) is 4.83. The van der Waals surface area contributed by atoms with Gasteiger partial charge in [0.25, 0.3) is 11.8 Å². The van der Waals surface area contributed by atoms with Gasteiger partial charge in [0.15, 0.2) is 0 Å². The van der Waals surface area contributed by atoms with Crippen molar-refractivity contribution in [1.82, 2.24) is 9.59 Å². The number of aromatic nitrogens is 2. The van der Waals surface area contributed by atoms with Gasteiger partial charge in [-0.05, 0) is 54.2 Å². The van der Waals surface area contributed by atoms with Crippen molar-refractivity contribution in [3.63, 3.8) is 0 Å². The first kappa shape index (κ1) is 18.6. The van der Waals surface area contributed by atoms with Gasteiger partial charge in [-0.1, -0.05) is 10.6 Å². The molecule has 2 aromatic heterocycles. The molecular formula is C19H14N4O2S3. The lowest BCUT2D eigenvalue weighted by Gasteiger charge is -2.09. The molecule has 2 aromatic carbocycles. The fourth-order valence-electron chi connectivity index (χ4n) is 2.61. The van der Waals surface area contributed by atoms with Crippen LogP contribution in [0.5, 0.6) is 0 Å². The Morgan fingerprint density at radius 3 is 2.57 bits per heavy atom. The number of hydrogen-bond acceptors (Lipinski definition) is 7. The quantitative estimate of drug-likeness (QED) is 0.440. The van der Waals surface area contributed by atoms with Gasteiger partial charge in [-0.25, -0.2) is 0 Å². The van der Waals surface area contributed by atoms with Crippen LogP contribution in [0.1, 0.15) is 20.7 Å². The van der Waals surface area contributed by atoms with E-state index in [2.05, 4.69) is 20.2 Å². The Balaban J connectivity index is 1.48. The molecule has 2 heterocycles. The maximum atomic E-state index is 12.5. The molecular weight excluding hydrogens is 412 g/mol. The predicted octanol–water partition coefficient (Wildman–Crippen LogP) is 4.98. The highest BCUT2D eigenvalue weighted by molar-refractivity contribution is 7.98.